The van der Waals surface area contributed by atoms with E-state index in [0.29, 0.717) is 42.1 Å². The number of phosphoric ester groups is 1. The van der Waals surface area contributed by atoms with E-state index in [9.17, 15) is 33.3 Å². The van der Waals surface area contributed by atoms with Crippen LogP contribution >= 0.6 is 43.1 Å². The van der Waals surface area contributed by atoms with Gasteiger partial charge in [-0.3, -0.25) is 27.7 Å². The fraction of sp³-hybridized carbons (Fsp3) is 0.786. The second-order valence-corrected chi connectivity index (χ2v) is 25.1. The van der Waals surface area contributed by atoms with Crippen molar-refractivity contribution in [1.29, 1.82) is 0 Å². The molecule has 1 saturated heterocycles. The molecule has 17 nitrogen and oxygen atoms in total. The number of amides is 2. The summed E-state index contributed by atoms with van der Waals surface area (Å²) in [5.41, 5.74) is -5.21. The minimum atomic E-state index is -4.37. The van der Waals surface area contributed by atoms with E-state index in [1.807, 2.05) is 41.5 Å². The Hall–Kier alpha value is -2.68. The molecule has 0 radical (unpaired) electrons. The Bertz CT molecular complexity index is 1800. The van der Waals surface area contributed by atoms with Gasteiger partial charge in [0.25, 0.3) is 0 Å². The lowest BCUT2D eigenvalue weighted by molar-refractivity contribution is -0.118. The molecule has 0 spiro atoms. The van der Waals surface area contributed by atoms with Crippen molar-refractivity contribution in [3.05, 3.63) is 22.7 Å². The molecule has 22 heteroatoms. The second-order valence-electron chi connectivity index (χ2n) is 19.9. The Balaban J connectivity index is 2.40. The number of anilines is 1. The molecule has 0 bridgehead atoms. The maximum absolute atomic E-state index is 16.6. The van der Waals surface area contributed by atoms with E-state index >= 15 is 4.39 Å². The van der Waals surface area contributed by atoms with Gasteiger partial charge in [-0.25, -0.2) is 28.1 Å². The normalized spacial score (nSPS) is 18.6. The van der Waals surface area contributed by atoms with Gasteiger partial charge in [0.1, 0.15) is 22.2 Å². The first kappa shape index (κ1) is 57.4. The predicted octanol–water partition coefficient (Wildman–Crippen LogP) is 10.5. The fourth-order valence-corrected chi connectivity index (χ4v) is 9.75. The van der Waals surface area contributed by atoms with E-state index in [2.05, 4.69) is 4.98 Å². The van der Waals surface area contributed by atoms with Crippen molar-refractivity contribution in [1.82, 2.24) is 9.55 Å². The summed E-state index contributed by atoms with van der Waals surface area (Å²) < 4.78 is 70.4. The summed E-state index contributed by atoms with van der Waals surface area (Å²) in [5, 5.41) is -2.48. The Morgan fingerprint density at radius 1 is 0.734 bits per heavy atom. The summed E-state index contributed by atoms with van der Waals surface area (Å²) in [6.45, 7) is 24.5. The number of rotatable bonds is 18. The molecule has 2 amide bonds. The number of ether oxygens (including phenoxy) is 4. The van der Waals surface area contributed by atoms with Gasteiger partial charge in [-0.1, -0.05) is 65.1 Å². The maximum Gasteiger partial charge on any atom is 0.509 e. The van der Waals surface area contributed by atoms with Crippen LogP contribution < -0.4 is 10.6 Å². The van der Waals surface area contributed by atoms with Gasteiger partial charge < -0.3 is 18.9 Å². The van der Waals surface area contributed by atoms with Crippen molar-refractivity contribution in [2.24, 2.45) is 10.8 Å². The molecule has 1 aliphatic rings. The monoisotopic (exact) mass is 985 g/mol. The minimum absolute atomic E-state index is 0.0346. The minimum Gasteiger partial charge on any atom is -0.443 e. The average Bonchev–Trinajstić information content (AvgIpc) is 3.40. The molecule has 0 aliphatic carbocycles. The van der Waals surface area contributed by atoms with E-state index in [0.717, 1.165) is 28.6 Å². The van der Waals surface area contributed by atoms with Crippen LogP contribution in [-0.2, 0) is 46.7 Å². The smallest absolute Gasteiger partial charge is 0.443 e. The van der Waals surface area contributed by atoms with Crippen molar-refractivity contribution >= 4 is 77.5 Å². The van der Waals surface area contributed by atoms with Gasteiger partial charge in [0, 0.05) is 28.5 Å². The molecule has 0 saturated carbocycles. The van der Waals surface area contributed by atoms with Crippen LogP contribution in [0.3, 0.4) is 0 Å². The van der Waals surface area contributed by atoms with Crippen LogP contribution in [0.1, 0.15) is 135 Å². The van der Waals surface area contributed by atoms with Crippen molar-refractivity contribution < 1.29 is 65.4 Å². The molecule has 64 heavy (non-hydrogen) atoms. The van der Waals surface area contributed by atoms with Gasteiger partial charge >= 0.3 is 31.9 Å². The highest BCUT2D eigenvalue weighted by atomic mass is 32.2. The Morgan fingerprint density at radius 2 is 1.19 bits per heavy atom. The molecule has 1 aromatic heterocycles. The van der Waals surface area contributed by atoms with Crippen LogP contribution in [0.25, 0.3) is 0 Å². The number of thioether (sulfide) groups is 3. The highest BCUT2D eigenvalue weighted by Crippen LogP contribution is 2.53. The first-order chi connectivity index (χ1) is 29.1. The quantitative estimate of drug-likeness (QED) is 0.0580. The zero-order valence-corrected chi connectivity index (χ0v) is 43.3. The highest BCUT2D eigenvalue weighted by molar-refractivity contribution is 8.14. The summed E-state index contributed by atoms with van der Waals surface area (Å²) in [5.74, 6) is 0.555. The Kier molecular flexibility index (Phi) is 21.4. The second kappa shape index (κ2) is 23.9. The zero-order valence-electron chi connectivity index (χ0n) is 39.9. The van der Waals surface area contributed by atoms with Crippen molar-refractivity contribution in [3.8, 4) is 0 Å². The van der Waals surface area contributed by atoms with E-state index in [1.165, 1.54) is 23.5 Å². The zero-order chi connectivity index (χ0) is 49.1. The highest BCUT2D eigenvalue weighted by Gasteiger charge is 2.50. The Morgan fingerprint density at radius 3 is 1.59 bits per heavy atom. The number of hydrogen-bond acceptors (Lipinski definition) is 18. The standard InChI is InChI=1S/C42H69FN3O14PS3/c1-38(2,3)32(47)62-24-18-16-22-54-61(53,55-23-17-19-25-63-33(48)39(4,5)6)56-26-27-30(57-37(52)60-42(13,14)15)29(43)31(64-27)45-21-20-28(44-34(45)49)46(35(50)58-40(7,8)9)36(51)59-41(10,11)12/h20-21,27,29-31H,16-19,22-26H2,1-15H3/t27-,29+,30-,31-/m1/s1. The topological polar surface area (TPSA) is 205 Å². The summed E-state index contributed by atoms with van der Waals surface area (Å²) in [6, 6.07) is 1.13. The summed E-state index contributed by atoms with van der Waals surface area (Å²) >= 11 is 3.20. The number of nitrogens with zero attached hydrogens (tertiary/aromatic N) is 3. The predicted molar refractivity (Wildman–Crippen MR) is 248 cm³/mol. The number of carbonyl (C=O) groups excluding carboxylic acids is 5. The molecule has 1 fully saturated rings. The molecule has 2 rings (SSSR count). The molecule has 1 aliphatic heterocycles. The number of phosphoric acid groups is 1. The third-order valence-corrected chi connectivity index (χ3v) is 13.7. The van der Waals surface area contributed by atoms with Crippen LogP contribution in [0.5, 0.6) is 0 Å². The molecule has 0 N–H and O–H groups in total. The lowest BCUT2D eigenvalue weighted by Gasteiger charge is -2.28. The molecular weight excluding hydrogens is 917 g/mol. The van der Waals surface area contributed by atoms with Crippen molar-refractivity contribution in [2.75, 3.05) is 36.2 Å². The van der Waals surface area contributed by atoms with Crippen LogP contribution in [0, 0.1) is 10.8 Å². The SMILES string of the molecule is CC(C)(C)OC(=O)O[C@H]1[C@H](F)[C@H](n2ccc(N(C(=O)OC(C)(C)C)C(=O)OC(C)(C)C)nc2=O)S[C@@H]1COP(=O)(OCCCCSC(=O)C(C)(C)C)OCCCCSC(=O)C(C)(C)C. The van der Waals surface area contributed by atoms with Gasteiger partial charge in [-0.2, -0.15) is 9.88 Å². The molecule has 1 aromatic rings. The first-order valence-electron chi connectivity index (χ1n) is 21.0. The largest absolute Gasteiger partial charge is 0.509 e. The van der Waals surface area contributed by atoms with Crippen LogP contribution in [-0.4, -0.2) is 104 Å². The molecule has 0 aromatic carbocycles. The third kappa shape index (κ3) is 20.5. The van der Waals surface area contributed by atoms with Crippen molar-refractivity contribution in [3.63, 3.8) is 0 Å². The van der Waals surface area contributed by atoms with Crippen LogP contribution in [0.15, 0.2) is 17.1 Å². The number of aromatic nitrogens is 2. The number of imide groups is 1. The van der Waals surface area contributed by atoms with Crippen LogP contribution in [0.4, 0.5) is 24.6 Å². The van der Waals surface area contributed by atoms with Gasteiger partial charge in [0.2, 0.25) is 0 Å². The van der Waals surface area contributed by atoms with E-state index in [1.54, 1.807) is 62.3 Å². The summed E-state index contributed by atoms with van der Waals surface area (Å²) in [4.78, 5) is 82.0. The first-order valence-corrected chi connectivity index (χ1v) is 25.4. The Labute approximate surface area is 390 Å². The lowest BCUT2D eigenvalue weighted by Crippen LogP contribution is -2.45. The molecule has 2 heterocycles. The average molecular weight is 986 g/mol. The lowest BCUT2D eigenvalue weighted by atomic mass is 9.99. The van der Waals surface area contributed by atoms with Gasteiger partial charge in [-0.05, 0) is 94.1 Å². The number of alkyl halides is 1. The molecular formula is C42H69FN3O14PS3. The maximum atomic E-state index is 16.6. The number of halogens is 1. The summed E-state index contributed by atoms with van der Waals surface area (Å²) in [6.07, 6.45) is -4.28. The van der Waals surface area contributed by atoms with Gasteiger partial charge in [0.05, 0.1) is 25.1 Å². The number of unbranched alkanes of at least 4 members (excludes halogenated alkanes) is 2. The fourth-order valence-electron chi connectivity index (χ4n) is 4.98. The van der Waals surface area contributed by atoms with Crippen LogP contribution in [0.2, 0.25) is 0 Å². The number of carbonyl (C=O) groups is 5. The summed E-state index contributed by atoms with van der Waals surface area (Å²) in [7, 11) is -4.37. The van der Waals surface area contributed by atoms with Gasteiger partial charge in [-0.15, -0.1) is 11.8 Å². The van der Waals surface area contributed by atoms with E-state index < -0.39 is 94.8 Å². The third-order valence-electron chi connectivity index (χ3n) is 8.02. The van der Waals surface area contributed by atoms with E-state index in [-0.39, 0.29) is 23.4 Å². The van der Waals surface area contributed by atoms with Gasteiger partial charge in [0.15, 0.2) is 28.3 Å². The van der Waals surface area contributed by atoms with Crippen molar-refractivity contribution in [2.45, 2.75) is 169 Å². The molecule has 366 valence electrons. The molecule has 4 atom stereocenters. The molecule has 0 unspecified atom stereocenters. The number of hydrogen-bond donors (Lipinski definition) is 0. The van der Waals surface area contributed by atoms with E-state index in [4.69, 9.17) is 32.5 Å².